The zero-order valence-corrected chi connectivity index (χ0v) is 22.6. The van der Waals surface area contributed by atoms with Crippen LogP contribution in [-0.4, -0.2) is 19.2 Å². The number of allylic oxidation sites excluding steroid dienone is 1. The number of carbonyl (C=O) groups is 1. The molecule has 0 amide bonds. The summed E-state index contributed by atoms with van der Waals surface area (Å²) in [5.41, 5.74) is 8.48. The van der Waals surface area contributed by atoms with Crippen molar-refractivity contribution < 1.29 is 23.7 Å². The number of benzene rings is 3. The summed E-state index contributed by atoms with van der Waals surface area (Å²) in [5.74, 6) is 1.76. The summed E-state index contributed by atoms with van der Waals surface area (Å²) in [6, 6.07) is 21.8. The van der Waals surface area contributed by atoms with Crippen molar-refractivity contribution in [2.45, 2.75) is 46.0 Å². The first-order valence-electron chi connectivity index (χ1n) is 13.3. The van der Waals surface area contributed by atoms with Gasteiger partial charge in [0.2, 0.25) is 5.88 Å². The Morgan fingerprint density at radius 2 is 1.74 bits per heavy atom. The number of ether oxygens (including phenoxy) is 4. The number of carbonyl (C=O) groups excluding carboxylic acids is 1. The van der Waals surface area contributed by atoms with Crippen LogP contribution in [-0.2, 0) is 0 Å². The number of hydrogen-bond donors (Lipinski definition) is 1. The fourth-order valence-electron chi connectivity index (χ4n) is 4.23. The molecule has 7 heteroatoms. The molecule has 0 saturated carbocycles. The average molecular weight is 527 g/mol. The lowest BCUT2D eigenvalue weighted by molar-refractivity contribution is 0.0734. The fraction of sp³-hybridized carbons (Fsp3) is 0.312. The topological polar surface area (TPSA) is 104 Å². The molecule has 2 N–H and O–H groups in total. The Morgan fingerprint density at radius 3 is 2.46 bits per heavy atom. The maximum Gasteiger partial charge on any atom is 0.343 e. The first-order valence-corrected chi connectivity index (χ1v) is 13.3. The molecule has 0 aromatic heterocycles. The van der Waals surface area contributed by atoms with E-state index in [9.17, 15) is 10.1 Å². The molecule has 1 heterocycles. The van der Waals surface area contributed by atoms with Gasteiger partial charge >= 0.3 is 5.97 Å². The maximum atomic E-state index is 12.8. The van der Waals surface area contributed by atoms with Gasteiger partial charge in [0.25, 0.3) is 0 Å². The van der Waals surface area contributed by atoms with E-state index >= 15 is 0 Å². The van der Waals surface area contributed by atoms with E-state index in [0.717, 1.165) is 36.1 Å². The minimum Gasteiger partial charge on any atom is -0.494 e. The lowest BCUT2D eigenvalue weighted by atomic mass is 9.83. The minimum atomic E-state index is -0.505. The Bertz CT molecular complexity index is 1370. The van der Waals surface area contributed by atoms with Crippen LogP contribution in [0, 0.1) is 17.2 Å². The summed E-state index contributed by atoms with van der Waals surface area (Å²) in [7, 11) is 0. The second kappa shape index (κ2) is 12.9. The first-order chi connectivity index (χ1) is 18.9. The minimum absolute atomic E-state index is 0.0169. The molecule has 3 aromatic carbocycles. The third-order valence-corrected chi connectivity index (χ3v) is 6.41. The third-order valence-electron chi connectivity index (χ3n) is 6.41. The van der Waals surface area contributed by atoms with Crippen LogP contribution in [0.3, 0.4) is 0 Å². The van der Waals surface area contributed by atoms with E-state index < -0.39 is 11.9 Å². The number of rotatable bonds is 11. The molecule has 0 bridgehead atoms. The highest BCUT2D eigenvalue weighted by Gasteiger charge is 2.31. The molecular formula is C32H34N2O5. The van der Waals surface area contributed by atoms with Crippen molar-refractivity contribution in [2.75, 3.05) is 13.2 Å². The van der Waals surface area contributed by atoms with Crippen LogP contribution in [0.4, 0.5) is 0 Å². The zero-order chi connectivity index (χ0) is 27.8. The van der Waals surface area contributed by atoms with E-state index in [1.165, 1.54) is 0 Å². The van der Waals surface area contributed by atoms with Crippen molar-refractivity contribution in [1.29, 1.82) is 5.26 Å². The van der Waals surface area contributed by atoms with E-state index in [0.29, 0.717) is 47.5 Å². The van der Waals surface area contributed by atoms with Crippen LogP contribution in [0.15, 0.2) is 78.2 Å². The molecule has 0 saturated heterocycles. The Kier molecular flexibility index (Phi) is 9.11. The molecule has 0 fully saturated rings. The van der Waals surface area contributed by atoms with Crippen molar-refractivity contribution in [3.8, 4) is 29.1 Å². The van der Waals surface area contributed by atoms with Crippen molar-refractivity contribution in [2.24, 2.45) is 11.7 Å². The normalized spacial score (nSPS) is 14.3. The number of fused-ring (bicyclic) bond motifs is 1. The standard InChI is InChI=1S/C32H34N2O5/c1-4-5-16-36-24-11-9-22(10-12-24)32(35)38-26-13-14-27-29(19-26)39-31(34)28(20-33)30(27)23-7-6-8-25(18-23)37-17-15-21(2)3/h6-14,18-19,21,30H,4-5,15-17,34H2,1-3H3. The molecule has 7 nitrogen and oxygen atoms in total. The second-order valence-electron chi connectivity index (χ2n) is 9.84. The molecule has 202 valence electrons. The summed E-state index contributed by atoms with van der Waals surface area (Å²) < 4.78 is 23.0. The van der Waals surface area contributed by atoms with Gasteiger partial charge in [-0.25, -0.2) is 4.79 Å². The van der Waals surface area contributed by atoms with Gasteiger partial charge in [-0.2, -0.15) is 5.26 Å². The van der Waals surface area contributed by atoms with Gasteiger partial charge in [-0.3, -0.25) is 0 Å². The summed E-state index contributed by atoms with van der Waals surface area (Å²) in [4.78, 5) is 12.8. The lowest BCUT2D eigenvalue weighted by Gasteiger charge is -2.27. The first kappa shape index (κ1) is 27.6. The second-order valence-corrected chi connectivity index (χ2v) is 9.84. The van der Waals surface area contributed by atoms with Crippen molar-refractivity contribution in [1.82, 2.24) is 0 Å². The maximum absolute atomic E-state index is 12.8. The van der Waals surface area contributed by atoms with Crippen molar-refractivity contribution in [3.63, 3.8) is 0 Å². The Hall–Kier alpha value is -4.44. The lowest BCUT2D eigenvalue weighted by Crippen LogP contribution is -2.21. The van der Waals surface area contributed by atoms with Gasteiger partial charge in [0.15, 0.2) is 0 Å². The number of esters is 1. The Balaban J connectivity index is 1.53. The SMILES string of the molecule is CCCCOc1ccc(C(=O)Oc2ccc3c(c2)OC(N)=C(C#N)C3c2cccc(OCCC(C)C)c2)cc1. The van der Waals surface area contributed by atoms with Crippen LogP contribution in [0.2, 0.25) is 0 Å². The number of nitrogens with two attached hydrogens (primary N) is 1. The predicted molar refractivity (Wildman–Crippen MR) is 149 cm³/mol. The van der Waals surface area contributed by atoms with Gasteiger partial charge in [-0.1, -0.05) is 45.4 Å². The van der Waals surface area contributed by atoms with E-state index in [1.807, 2.05) is 24.3 Å². The summed E-state index contributed by atoms with van der Waals surface area (Å²) in [6.45, 7) is 7.65. The molecular weight excluding hydrogens is 492 g/mol. The monoisotopic (exact) mass is 526 g/mol. The van der Waals surface area contributed by atoms with Crippen molar-refractivity contribution >= 4 is 5.97 Å². The van der Waals surface area contributed by atoms with Gasteiger partial charge in [0.1, 0.15) is 34.6 Å². The number of unbranched alkanes of at least 4 members (excludes halogenated alkanes) is 1. The van der Waals surface area contributed by atoms with Crippen LogP contribution in [0.5, 0.6) is 23.0 Å². The molecule has 0 spiro atoms. The fourth-order valence-corrected chi connectivity index (χ4v) is 4.23. The smallest absolute Gasteiger partial charge is 0.343 e. The van der Waals surface area contributed by atoms with Crippen LogP contribution < -0.4 is 24.7 Å². The highest BCUT2D eigenvalue weighted by Crippen LogP contribution is 2.44. The molecule has 1 atom stereocenters. The average Bonchev–Trinajstić information content (AvgIpc) is 2.92. The molecule has 4 rings (SSSR count). The molecule has 39 heavy (non-hydrogen) atoms. The molecule has 1 unspecified atom stereocenters. The van der Waals surface area contributed by atoms with Gasteiger partial charge < -0.3 is 24.7 Å². The molecule has 0 radical (unpaired) electrons. The Labute approximate surface area is 229 Å². The number of nitrogens with zero attached hydrogens (tertiary/aromatic N) is 1. The van der Waals surface area contributed by atoms with Gasteiger partial charge in [-0.15, -0.1) is 0 Å². The van der Waals surface area contributed by atoms with E-state index in [4.69, 9.17) is 24.7 Å². The molecule has 1 aliphatic heterocycles. The van der Waals surface area contributed by atoms with Crippen LogP contribution in [0.1, 0.15) is 67.4 Å². The van der Waals surface area contributed by atoms with Crippen molar-refractivity contribution in [3.05, 3.63) is 94.9 Å². The summed E-state index contributed by atoms with van der Waals surface area (Å²) in [5, 5.41) is 9.89. The molecule has 1 aliphatic rings. The van der Waals surface area contributed by atoms with Gasteiger partial charge in [-0.05, 0) is 66.8 Å². The highest BCUT2D eigenvalue weighted by molar-refractivity contribution is 5.91. The number of nitriles is 1. The highest BCUT2D eigenvalue weighted by atomic mass is 16.5. The zero-order valence-electron chi connectivity index (χ0n) is 22.6. The third kappa shape index (κ3) is 6.91. The summed E-state index contributed by atoms with van der Waals surface area (Å²) in [6.07, 6.45) is 2.96. The largest absolute Gasteiger partial charge is 0.494 e. The van der Waals surface area contributed by atoms with E-state index in [2.05, 4.69) is 26.8 Å². The predicted octanol–water partition coefficient (Wildman–Crippen LogP) is 6.73. The number of hydrogen-bond acceptors (Lipinski definition) is 7. The summed E-state index contributed by atoms with van der Waals surface area (Å²) >= 11 is 0. The van der Waals surface area contributed by atoms with Gasteiger partial charge in [0.05, 0.1) is 24.7 Å². The van der Waals surface area contributed by atoms with E-state index in [-0.39, 0.29) is 5.88 Å². The van der Waals surface area contributed by atoms with Crippen LogP contribution in [0.25, 0.3) is 0 Å². The Morgan fingerprint density at radius 1 is 1.00 bits per heavy atom. The quantitative estimate of drug-likeness (QED) is 0.168. The van der Waals surface area contributed by atoms with E-state index in [1.54, 1.807) is 42.5 Å². The molecule has 0 aliphatic carbocycles. The van der Waals surface area contributed by atoms with Gasteiger partial charge in [0, 0.05) is 11.6 Å². The van der Waals surface area contributed by atoms with Crippen LogP contribution >= 0.6 is 0 Å². The molecule has 3 aromatic rings.